The average molecular weight is 273 g/mol. The normalized spacial score (nSPS) is 33.5. The molecule has 2 fully saturated rings. The number of Topliss-reactive ketones (excluding diaryl/α,β-unsaturated/α-hetero) is 1. The highest BCUT2D eigenvalue weighted by Crippen LogP contribution is 2.29. The van der Waals surface area contributed by atoms with Crippen molar-refractivity contribution in [3.63, 3.8) is 0 Å². The molecule has 104 valence electrons. The van der Waals surface area contributed by atoms with Gasteiger partial charge in [-0.1, -0.05) is 13.3 Å². The van der Waals surface area contributed by atoms with E-state index in [0.717, 1.165) is 32.2 Å². The standard InChI is InChI=1S/C13H23NO3S/c1-2-11-3-4-13(15)12(9-11)10-14-5-7-18(16,17)8-6-14/h11-12H,2-10H2,1H3. The Morgan fingerprint density at radius 1 is 1.28 bits per heavy atom. The smallest absolute Gasteiger partial charge is 0.152 e. The molecule has 4 nitrogen and oxygen atoms in total. The number of nitrogens with zero attached hydrogens (tertiary/aromatic N) is 1. The summed E-state index contributed by atoms with van der Waals surface area (Å²) >= 11 is 0. The van der Waals surface area contributed by atoms with Crippen LogP contribution in [0.15, 0.2) is 0 Å². The fourth-order valence-electron chi connectivity index (χ4n) is 2.99. The molecule has 2 unspecified atom stereocenters. The third-order valence-corrected chi connectivity index (χ3v) is 5.97. The van der Waals surface area contributed by atoms with Crippen molar-refractivity contribution in [2.75, 3.05) is 31.1 Å². The highest BCUT2D eigenvalue weighted by molar-refractivity contribution is 7.91. The average Bonchev–Trinajstić information content (AvgIpc) is 2.34. The van der Waals surface area contributed by atoms with E-state index >= 15 is 0 Å². The second-order valence-corrected chi connectivity index (χ2v) is 7.97. The van der Waals surface area contributed by atoms with Gasteiger partial charge in [0.05, 0.1) is 11.5 Å². The van der Waals surface area contributed by atoms with Gasteiger partial charge in [-0.3, -0.25) is 4.79 Å². The van der Waals surface area contributed by atoms with Crippen LogP contribution in [-0.2, 0) is 14.6 Å². The molecule has 0 bridgehead atoms. The number of sulfone groups is 1. The van der Waals surface area contributed by atoms with Crippen LogP contribution in [0.3, 0.4) is 0 Å². The van der Waals surface area contributed by atoms with Gasteiger partial charge in [-0.2, -0.15) is 0 Å². The number of carbonyl (C=O) groups is 1. The monoisotopic (exact) mass is 273 g/mol. The summed E-state index contributed by atoms with van der Waals surface area (Å²) in [4.78, 5) is 14.1. The Labute approximate surface area is 110 Å². The maximum atomic E-state index is 11.9. The first-order chi connectivity index (χ1) is 8.50. The molecule has 2 atom stereocenters. The van der Waals surface area contributed by atoms with Crippen molar-refractivity contribution in [2.45, 2.75) is 32.6 Å². The Hall–Kier alpha value is -0.420. The van der Waals surface area contributed by atoms with Gasteiger partial charge in [0.1, 0.15) is 5.78 Å². The SMILES string of the molecule is CCC1CCC(=O)C(CN2CCS(=O)(=O)CC2)C1. The maximum Gasteiger partial charge on any atom is 0.152 e. The van der Waals surface area contributed by atoms with E-state index in [2.05, 4.69) is 11.8 Å². The Morgan fingerprint density at radius 3 is 2.56 bits per heavy atom. The highest BCUT2D eigenvalue weighted by atomic mass is 32.2. The minimum absolute atomic E-state index is 0.143. The molecular weight excluding hydrogens is 250 g/mol. The topological polar surface area (TPSA) is 54.5 Å². The second kappa shape index (κ2) is 5.70. The molecular formula is C13H23NO3S. The molecule has 1 saturated carbocycles. The molecule has 0 radical (unpaired) electrons. The number of ketones is 1. The van der Waals surface area contributed by atoms with Crippen LogP contribution in [0, 0.1) is 11.8 Å². The van der Waals surface area contributed by atoms with E-state index < -0.39 is 9.84 Å². The molecule has 18 heavy (non-hydrogen) atoms. The molecule has 0 aromatic rings. The third kappa shape index (κ3) is 3.54. The van der Waals surface area contributed by atoms with Crippen molar-refractivity contribution in [1.82, 2.24) is 4.90 Å². The van der Waals surface area contributed by atoms with Crippen molar-refractivity contribution < 1.29 is 13.2 Å². The summed E-state index contributed by atoms with van der Waals surface area (Å²) in [5.41, 5.74) is 0. The lowest BCUT2D eigenvalue weighted by atomic mass is 9.79. The van der Waals surface area contributed by atoms with Gasteiger partial charge in [0, 0.05) is 32.0 Å². The molecule has 1 heterocycles. The van der Waals surface area contributed by atoms with Crippen LogP contribution in [-0.4, -0.2) is 50.2 Å². The van der Waals surface area contributed by atoms with Crippen LogP contribution in [0.4, 0.5) is 0 Å². The predicted octanol–water partition coefficient (Wildman–Crippen LogP) is 1.11. The van der Waals surface area contributed by atoms with E-state index in [-0.39, 0.29) is 17.4 Å². The van der Waals surface area contributed by atoms with Gasteiger partial charge >= 0.3 is 0 Å². The van der Waals surface area contributed by atoms with Crippen LogP contribution in [0.5, 0.6) is 0 Å². The predicted molar refractivity (Wildman–Crippen MR) is 71.2 cm³/mol. The van der Waals surface area contributed by atoms with Crippen LogP contribution < -0.4 is 0 Å². The van der Waals surface area contributed by atoms with E-state index in [0.29, 0.717) is 24.8 Å². The summed E-state index contributed by atoms with van der Waals surface area (Å²) in [6, 6.07) is 0. The van der Waals surface area contributed by atoms with Crippen LogP contribution >= 0.6 is 0 Å². The van der Waals surface area contributed by atoms with Gasteiger partial charge in [-0.25, -0.2) is 8.42 Å². The minimum Gasteiger partial charge on any atom is -0.301 e. The Kier molecular flexibility index (Phi) is 4.43. The Balaban J connectivity index is 1.87. The first kappa shape index (κ1) is 14.0. The second-order valence-electron chi connectivity index (χ2n) is 5.66. The minimum atomic E-state index is -2.81. The number of carbonyl (C=O) groups excluding carboxylic acids is 1. The molecule has 0 N–H and O–H groups in total. The third-order valence-electron chi connectivity index (χ3n) is 4.37. The van der Waals surface area contributed by atoms with E-state index in [4.69, 9.17) is 0 Å². The Morgan fingerprint density at radius 2 is 1.94 bits per heavy atom. The lowest BCUT2D eigenvalue weighted by molar-refractivity contribution is -0.126. The molecule has 0 amide bonds. The molecule has 1 saturated heterocycles. The summed E-state index contributed by atoms with van der Waals surface area (Å²) < 4.78 is 22.7. The zero-order valence-electron chi connectivity index (χ0n) is 11.1. The summed E-state index contributed by atoms with van der Waals surface area (Å²) in [7, 11) is -2.81. The van der Waals surface area contributed by atoms with Gasteiger partial charge in [-0.15, -0.1) is 0 Å². The summed E-state index contributed by atoms with van der Waals surface area (Å²) in [6.07, 6.45) is 3.91. The van der Waals surface area contributed by atoms with Crippen LogP contribution in [0.25, 0.3) is 0 Å². The lowest BCUT2D eigenvalue weighted by Gasteiger charge is -2.33. The van der Waals surface area contributed by atoms with Gasteiger partial charge in [-0.05, 0) is 18.8 Å². The first-order valence-electron chi connectivity index (χ1n) is 6.95. The fourth-order valence-corrected chi connectivity index (χ4v) is 4.27. The largest absolute Gasteiger partial charge is 0.301 e. The maximum absolute atomic E-state index is 11.9. The van der Waals surface area contributed by atoms with E-state index in [1.54, 1.807) is 0 Å². The molecule has 5 heteroatoms. The fraction of sp³-hybridized carbons (Fsp3) is 0.923. The molecule has 0 aromatic heterocycles. The molecule has 1 aliphatic carbocycles. The summed E-state index contributed by atoms with van der Waals surface area (Å²) in [5, 5.41) is 0. The number of hydrogen-bond donors (Lipinski definition) is 0. The van der Waals surface area contributed by atoms with E-state index in [9.17, 15) is 13.2 Å². The number of hydrogen-bond acceptors (Lipinski definition) is 4. The molecule has 2 rings (SSSR count). The summed E-state index contributed by atoms with van der Waals surface area (Å²) in [6.45, 7) is 4.15. The molecule has 2 aliphatic rings. The van der Waals surface area contributed by atoms with Gasteiger partial charge in [0.15, 0.2) is 9.84 Å². The van der Waals surface area contributed by atoms with E-state index in [1.807, 2.05) is 0 Å². The van der Waals surface area contributed by atoms with Crippen molar-refractivity contribution >= 4 is 15.6 Å². The van der Waals surface area contributed by atoms with Crippen molar-refractivity contribution in [3.05, 3.63) is 0 Å². The van der Waals surface area contributed by atoms with Gasteiger partial charge < -0.3 is 4.90 Å². The van der Waals surface area contributed by atoms with Crippen LogP contribution in [0.2, 0.25) is 0 Å². The summed E-state index contributed by atoms with van der Waals surface area (Å²) in [5.74, 6) is 1.72. The van der Waals surface area contributed by atoms with Crippen molar-refractivity contribution in [2.24, 2.45) is 11.8 Å². The zero-order chi connectivity index (χ0) is 13.2. The zero-order valence-corrected chi connectivity index (χ0v) is 11.9. The molecule has 0 spiro atoms. The molecule has 0 aromatic carbocycles. The quantitative estimate of drug-likeness (QED) is 0.773. The van der Waals surface area contributed by atoms with E-state index in [1.165, 1.54) is 0 Å². The lowest BCUT2D eigenvalue weighted by Crippen LogP contribution is -2.44. The van der Waals surface area contributed by atoms with Gasteiger partial charge in [0.2, 0.25) is 0 Å². The van der Waals surface area contributed by atoms with Crippen LogP contribution in [0.1, 0.15) is 32.6 Å². The number of rotatable bonds is 3. The van der Waals surface area contributed by atoms with Crippen molar-refractivity contribution in [3.8, 4) is 0 Å². The van der Waals surface area contributed by atoms with Gasteiger partial charge in [0.25, 0.3) is 0 Å². The first-order valence-corrected chi connectivity index (χ1v) is 8.78. The Bertz CT molecular complexity index is 390. The highest BCUT2D eigenvalue weighted by Gasteiger charge is 2.31. The molecule has 1 aliphatic heterocycles. The van der Waals surface area contributed by atoms with Crippen molar-refractivity contribution in [1.29, 1.82) is 0 Å².